The van der Waals surface area contributed by atoms with Crippen LogP contribution >= 0.6 is 0 Å². The third-order valence-electron chi connectivity index (χ3n) is 2.30. The SMILES string of the molecule is COc1ccc(CNC(=O)CCC(=O)O)cc1O. The molecule has 0 heterocycles. The zero-order valence-electron chi connectivity index (χ0n) is 9.97. The smallest absolute Gasteiger partial charge is 0.303 e. The molecule has 0 bridgehead atoms. The molecule has 1 aromatic carbocycles. The maximum Gasteiger partial charge on any atom is 0.303 e. The highest BCUT2D eigenvalue weighted by molar-refractivity contribution is 5.80. The molecule has 6 nitrogen and oxygen atoms in total. The number of phenolic OH excluding ortho intramolecular Hbond substituents is 1. The lowest BCUT2D eigenvalue weighted by molar-refractivity contribution is -0.138. The molecule has 0 aliphatic carbocycles. The van der Waals surface area contributed by atoms with E-state index >= 15 is 0 Å². The zero-order chi connectivity index (χ0) is 13.5. The van der Waals surface area contributed by atoms with E-state index in [2.05, 4.69) is 5.32 Å². The Morgan fingerprint density at radius 1 is 1.33 bits per heavy atom. The minimum atomic E-state index is -1.01. The number of amides is 1. The molecule has 18 heavy (non-hydrogen) atoms. The van der Waals surface area contributed by atoms with Crippen LogP contribution in [0.2, 0.25) is 0 Å². The number of benzene rings is 1. The number of hydrogen-bond donors (Lipinski definition) is 3. The van der Waals surface area contributed by atoms with E-state index in [1.807, 2.05) is 0 Å². The summed E-state index contributed by atoms with van der Waals surface area (Å²) in [5.41, 5.74) is 0.706. The van der Waals surface area contributed by atoms with E-state index in [1.165, 1.54) is 13.2 Å². The molecule has 0 aliphatic heterocycles. The summed E-state index contributed by atoms with van der Waals surface area (Å²) in [6.45, 7) is 0.232. The van der Waals surface area contributed by atoms with Gasteiger partial charge in [0.1, 0.15) is 0 Å². The molecule has 0 saturated heterocycles. The molecule has 0 fully saturated rings. The van der Waals surface area contributed by atoms with Gasteiger partial charge in [0.05, 0.1) is 13.5 Å². The van der Waals surface area contributed by atoms with Crippen molar-refractivity contribution >= 4 is 11.9 Å². The third-order valence-corrected chi connectivity index (χ3v) is 2.30. The van der Waals surface area contributed by atoms with Crippen LogP contribution in [0.1, 0.15) is 18.4 Å². The zero-order valence-corrected chi connectivity index (χ0v) is 9.97. The second-order valence-corrected chi connectivity index (χ2v) is 3.68. The summed E-state index contributed by atoms with van der Waals surface area (Å²) in [5.74, 6) is -0.995. The van der Waals surface area contributed by atoms with E-state index in [-0.39, 0.29) is 31.0 Å². The van der Waals surface area contributed by atoms with E-state index in [9.17, 15) is 14.7 Å². The molecule has 0 spiro atoms. The molecule has 0 saturated carbocycles. The van der Waals surface area contributed by atoms with Crippen molar-refractivity contribution in [2.75, 3.05) is 7.11 Å². The second kappa shape index (κ2) is 6.48. The van der Waals surface area contributed by atoms with E-state index < -0.39 is 5.97 Å². The van der Waals surface area contributed by atoms with Crippen LogP contribution in [0.25, 0.3) is 0 Å². The molecule has 6 heteroatoms. The van der Waals surface area contributed by atoms with Gasteiger partial charge in [0.25, 0.3) is 0 Å². The molecule has 0 atom stereocenters. The van der Waals surface area contributed by atoms with Gasteiger partial charge in [-0.3, -0.25) is 9.59 Å². The van der Waals surface area contributed by atoms with Crippen molar-refractivity contribution in [1.82, 2.24) is 5.32 Å². The number of hydrogen-bond acceptors (Lipinski definition) is 4. The van der Waals surface area contributed by atoms with Gasteiger partial charge < -0.3 is 20.3 Å². The molecule has 0 radical (unpaired) electrons. The van der Waals surface area contributed by atoms with Crippen LogP contribution < -0.4 is 10.1 Å². The Labute approximate surface area is 104 Å². The number of rotatable bonds is 6. The first kappa shape index (κ1) is 13.8. The van der Waals surface area contributed by atoms with Crippen molar-refractivity contribution in [1.29, 1.82) is 0 Å². The van der Waals surface area contributed by atoms with Gasteiger partial charge in [0.2, 0.25) is 5.91 Å². The maximum atomic E-state index is 11.3. The highest BCUT2D eigenvalue weighted by Crippen LogP contribution is 2.25. The summed E-state index contributed by atoms with van der Waals surface area (Å²) in [7, 11) is 1.45. The van der Waals surface area contributed by atoms with Gasteiger partial charge in [-0.2, -0.15) is 0 Å². The first-order valence-electron chi connectivity index (χ1n) is 5.37. The predicted molar refractivity (Wildman–Crippen MR) is 63.4 cm³/mol. The number of carboxylic acids is 1. The fourth-order valence-corrected chi connectivity index (χ4v) is 1.36. The monoisotopic (exact) mass is 253 g/mol. The lowest BCUT2D eigenvalue weighted by Crippen LogP contribution is -2.23. The fourth-order valence-electron chi connectivity index (χ4n) is 1.36. The molecular formula is C12H15NO5. The van der Waals surface area contributed by atoms with Crippen LogP contribution in [-0.4, -0.2) is 29.2 Å². The lowest BCUT2D eigenvalue weighted by atomic mass is 10.2. The van der Waals surface area contributed by atoms with Gasteiger partial charge in [-0.15, -0.1) is 0 Å². The molecule has 0 aliphatic rings. The van der Waals surface area contributed by atoms with Gasteiger partial charge in [-0.05, 0) is 17.7 Å². The Morgan fingerprint density at radius 2 is 2.06 bits per heavy atom. The third kappa shape index (κ3) is 4.32. The normalized spacial score (nSPS) is 9.83. The topological polar surface area (TPSA) is 95.9 Å². The van der Waals surface area contributed by atoms with Crippen LogP contribution in [0.3, 0.4) is 0 Å². The van der Waals surface area contributed by atoms with Crippen LogP contribution in [0.15, 0.2) is 18.2 Å². The molecule has 98 valence electrons. The van der Waals surface area contributed by atoms with Crippen LogP contribution in [0, 0.1) is 0 Å². The molecule has 0 unspecified atom stereocenters. The molecule has 3 N–H and O–H groups in total. The number of carboxylic acid groups (broad SMARTS) is 1. The summed E-state index contributed by atoms with van der Waals surface area (Å²) in [5, 5.41) is 20.5. The van der Waals surface area contributed by atoms with Gasteiger partial charge in [-0.25, -0.2) is 0 Å². The van der Waals surface area contributed by atoms with Gasteiger partial charge in [0.15, 0.2) is 11.5 Å². The quantitative estimate of drug-likeness (QED) is 0.699. The van der Waals surface area contributed by atoms with Crippen molar-refractivity contribution in [2.45, 2.75) is 19.4 Å². The highest BCUT2D eigenvalue weighted by Gasteiger charge is 2.06. The van der Waals surface area contributed by atoms with Crippen molar-refractivity contribution < 1.29 is 24.5 Å². The van der Waals surface area contributed by atoms with Gasteiger partial charge in [0, 0.05) is 13.0 Å². The Balaban J connectivity index is 2.46. The molecular weight excluding hydrogens is 238 g/mol. The minimum absolute atomic E-state index is 0.00483. The number of phenols is 1. The largest absolute Gasteiger partial charge is 0.504 e. The van der Waals surface area contributed by atoms with E-state index in [4.69, 9.17) is 9.84 Å². The van der Waals surface area contributed by atoms with Gasteiger partial charge in [-0.1, -0.05) is 6.07 Å². The van der Waals surface area contributed by atoms with Crippen molar-refractivity contribution in [3.05, 3.63) is 23.8 Å². The second-order valence-electron chi connectivity index (χ2n) is 3.68. The average molecular weight is 253 g/mol. The average Bonchev–Trinajstić information content (AvgIpc) is 2.34. The summed E-state index contributed by atoms with van der Waals surface area (Å²) in [4.78, 5) is 21.5. The molecule has 1 aromatic rings. The minimum Gasteiger partial charge on any atom is -0.504 e. The predicted octanol–water partition coefficient (Wildman–Crippen LogP) is 0.882. The number of ether oxygens (including phenoxy) is 1. The summed E-state index contributed by atoms with van der Waals surface area (Å²) < 4.78 is 4.89. The Hall–Kier alpha value is -2.24. The first-order valence-corrected chi connectivity index (χ1v) is 5.37. The Morgan fingerprint density at radius 3 is 2.61 bits per heavy atom. The Kier molecular flexibility index (Phi) is 4.98. The van der Waals surface area contributed by atoms with Crippen LogP contribution in [-0.2, 0) is 16.1 Å². The first-order chi connectivity index (χ1) is 8.52. The van der Waals surface area contributed by atoms with E-state index in [1.54, 1.807) is 12.1 Å². The standard InChI is InChI=1S/C12H15NO5/c1-18-10-3-2-8(6-9(10)14)7-13-11(15)4-5-12(16)17/h2-3,6,14H,4-5,7H2,1H3,(H,13,15)(H,16,17). The Bertz CT molecular complexity index is 444. The number of nitrogens with one attached hydrogen (secondary N) is 1. The van der Waals surface area contributed by atoms with E-state index in [0.29, 0.717) is 11.3 Å². The molecule has 1 amide bonds. The number of aliphatic carboxylic acids is 1. The number of aromatic hydroxyl groups is 1. The molecule has 0 aromatic heterocycles. The number of carbonyl (C=O) groups is 2. The number of carbonyl (C=O) groups excluding carboxylic acids is 1. The maximum absolute atomic E-state index is 11.3. The highest BCUT2D eigenvalue weighted by atomic mass is 16.5. The van der Waals surface area contributed by atoms with Crippen molar-refractivity contribution in [2.24, 2.45) is 0 Å². The fraction of sp³-hybridized carbons (Fsp3) is 0.333. The summed E-state index contributed by atoms with van der Waals surface area (Å²) in [6.07, 6.45) is -0.253. The molecule has 1 rings (SSSR count). The summed E-state index contributed by atoms with van der Waals surface area (Å²) >= 11 is 0. The van der Waals surface area contributed by atoms with Crippen LogP contribution in [0.5, 0.6) is 11.5 Å². The number of methoxy groups -OCH3 is 1. The van der Waals surface area contributed by atoms with Gasteiger partial charge >= 0.3 is 5.97 Å². The van der Waals surface area contributed by atoms with Crippen LogP contribution in [0.4, 0.5) is 0 Å². The summed E-state index contributed by atoms with van der Waals surface area (Å²) in [6, 6.07) is 4.78. The van der Waals surface area contributed by atoms with Crippen molar-refractivity contribution in [3.63, 3.8) is 0 Å². The van der Waals surface area contributed by atoms with Crippen molar-refractivity contribution in [3.8, 4) is 11.5 Å². The lowest BCUT2D eigenvalue weighted by Gasteiger charge is -2.07. The van der Waals surface area contributed by atoms with E-state index in [0.717, 1.165) is 0 Å².